The van der Waals surface area contributed by atoms with Crippen molar-refractivity contribution in [3.8, 4) is 0 Å². The van der Waals surface area contributed by atoms with Gasteiger partial charge in [-0.05, 0) is 0 Å². The lowest BCUT2D eigenvalue weighted by molar-refractivity contribution is -0.142. The summed E-state index contributed by atoms with van der Waals surface area (Å²) in [5.74, 6) is -0.977. The summed E-state index contributed by atoms with van der Waals surface area (Å²) in [4.78, 5) is 15.0. The number of carbonyl (C=O) groups is 1. The van der Waals surface area contributed by atoms with Crippen molar-refractivity contribution in [2.24, 2.45) is 4.99 Å². The zero-order valence-corrected chi connectivity index (χ0v) is 13.4. The molecule has 0 atom stereocenters. The van der Waals surface area contributed by atoms with Crippen LogP contribution in [0.5, 0.6) is 0 Å². The topological polar surface area (TPSA) is 68.1 Å². The minimum Gasteiger partial charge on any atom is -0.480 e. The van der Waals surface area contributed by atoms with Crippen LogP contribution in [0.2, 0.25) is 0 Å². The third kappa shape index (κ3) is 6.32. The Morgan fingerprint density at radius 2 is 1.38 bits per heavy atom. The highest BCUT2D eigenvalue weighted by atomic mass is 16.5. The number of hydrogen-bond acceptors (Lipinski definition) is 4. The van der Waals surface area contributed by atoms with Crippen LogP contribution in [-0.4, -0.2) is 49.8 Å². The molecule has 0 aliphatic heterocycles. The van der Waals surface area contributed by atoms with Crippen molar-refractivity contribution in [1.82, 2.24) is 0 Å². The van der Waals surface area contributed by atoms with Gasteiger partial charge in [-0.15, -0.1) is 0 Å². The first kappa shape index (κ1) is 17.8. The number of carboxylic acid groups (broad SMARTS) is 1. The maximum atomic E-state index is 10.3. The number of rotatable bonds is 10. The van der Waals surface area contributed by atoms with Gasteiger partial charge in [0.25, 0.3) is 0 Å². The molecule has 0 amide bonds. The molecule has 24 heavy (non-hydrogen) atoms. The van der Waals surface area contributed by atoms with Gasteiger partial charge in [0, 0.05) is 11.1 Å². The highest BCUT2D eigenvalue weighted by Crippen LogP contribution is 2.10. The molecule has 0 heterocycles. The Hall–Kier alpha value is -2.50. The summed E-state index contributed by atoms with van der Waals surface area (Å²) in [6, 6.07) is 20.1. The van der Waals surface area contributed by atoms with Crippen molar-refractivity contribution in [2.75, 3.05) is 33.0 Å². The average molecular weight is 327 g/mol. The fourth-order valence-electron chi connectivity index (χ4n) is 2.14. The smallest absolute Gasteiger partial charge is 0.329 e. The number of ether oxygens (including phenoxy) is 2. The lowest BCUT2D eigenvalue weighted by atomic mass is 10.0. The van der Waals surface area contributed by atoms with E-state index in [1.165, 1.54) is 0 Å². The standard InChI is InChI=1S/C19H21NO4/c21-18(22)15-24-14-13-23-12-11-20-19(16-7-3-1-4-8-16)17-9-5-2-6-10-17/h1-10H,11-15H2,(H,21,22). The quantitative estimate of drug-likeness (QED) is 0.538. The zero-order valence-electron chi connectivity index (χ0n) is 13.4. The Labute approximate surface area is 141 Å². The Balaban J connectivity index is 1.87. The molecule has 2 aromatic carbocycles. The summed E-state index contributed by atoms with van der Waals surface area (Å²) in [5.41, 5.74) is 3.06. The number of carboxylic acids is 1. The first-order chi connectivity index (χ1) is 11.8. The van der Waals surface area contributed by atoms with E-state index < -0.39 is 5.97 Å². The summed E-state index contributed by atoms with van der Waals surface area (Å²) in [5, 5.41) is 8.45. The van der Waals surface area contributed by atoms with Crippen LogP contribution in [0.25, 0.3) is 0 Å². The SMILES string of the molecule is O=C(O)COCCOCCN=C(c1ccccc1)c1ccccc1. The minimum atomic E-state index is -0.977. The summed E-state index contributed by atoms with van der Waals surface area (Å²) >= 11 is 0. The van der Waals surface area contributed by atoms with E-state index in [0.29, 0.717) is 19.8 Å². The van der Waals surface area contributed by atoms with Crippen LogP contribution in [0.3, 0.4) is 0 Å². The van der Waals surface area contributed by atoms with Crippen LogP contribution in [0.4, 0.5) is 0 Å². The highest BCUT2D eigenvalue weighted by molar-refractivity contribution is 6.12. The molecule has 0 saturated carbocycles. The van der Waals surface area contributed by atoms with Crippen molar-refractivity contribution in [2.45, 2.75) is 0 Å². The molecule has 0 spiro atoms. The van der Waals surface area contributed by atoms with Gasteiger partial charge >= 0.3 is 5.97 Å². The van der Waals surface area contributed by atoms with E-state index in [0.717, 1.165) is 16.8 Å². The van der Waals surface area contributed by atoms with E-state index in [4.69, 9.17) is 14.6 Å². The van der Waals surface area contributed by atoms with Gasteiger partial charge in [0.1, 0.15) is 6.61 Å². The molecule has 0 bridgehead atoms. The second-order valence-corrected chi connectivity index (χ2v) is 5.02. The maximum absolute atomic E-state index is 10.3. The molecule has 0 aliphatic carbocycles. The van der Waals surface area contributed by atoms with Gasteiger partial charge in [-0.1, -0.05) is 60.7 Å². The van der Waals surface area contributed by atoms with E-state index in [1.807, 2.05) is 60.7 Å². The molecule has 126 valence electrons. The van der Waals surface area contributed by atoms with Gasteiger partial charge in [-0.3, -0.25) is 4.99 Å². The van der Waals surface area contributed by atoms with Crippen LogP contribution in [0, 0.1) is 0 Å². The number of benzene rings is 2. The van der Waals surface area contributed by atoms with E-state index in [9.17, 15) is 4.79 Å². The molecule has 0 fully saturated rings. The fourth-order valence-corrected chi connectivity index (χ4v) is 2.14. The van der Waals surface area contributed by atoms with Crippen molar-refractivity contribution in [3.63, 3.8) is 0 Å². The second-order valence-electron chi connectivity index (χ2n) is 5.02. The van der Waals surface area contributed by atoms with Gasteiger partial charge in [-0.2, -0.15) is 0 Å². The summed E-state index contributed by atoms with van der Waals surface area (Å²) < 4.78 is 10.3. The van der Waals surface area contributed by atoms with E-state index in [-0.39, 0.29) is 13.2 Å². The van der Waals surface area contributed by atoms with Crippen LogP contribution in [0.1, 0.15) is 11.1 Å². The summed E-state index contributed by atoms with van der Waals surface area (Å²) in [6.07, 6.45) is 0. The summed E-state index contributed by atoms with van der Waals surface area (Å²) in [6.45, 7) is 1.31. The van der Waals surface area contributed by atoms with Gasteiger partial charge in [0.2, 0.25) is 0 Å². The zero-order chi connectivity index (χ0) is 17.0. The Morgan fingerprint density at radius 1 is 0.833 bits per heavy atom. The van der Waals surface area contributed by atoms with Gasteiger partial charge < -0.3 is 14.6 Å². The lowest BCUT2D eigenvalue weighted by Gasteiger charge is -2.08. The van der Waals surface area contributed by atoms with Crippen LogP contribution in [-0.2, 0) is 14.3 Å². The summed E-state index contributed by atoms with van der Waals surface area (Å²) in [7, 11) is 0. The Kier molecular flexibility index (Phi) is 7.67. The predicted molar refractivity (Wildman–Crippen MR) is 92.7 cm³/mol. The molecule has 2 rings (SSSR count). The molecule has 0 radical (unpaired) electrons. The monoisotopic (exact) mass is 327 g/mol. The minimum absolute atomic E-state index is 0.264. The van der Waals surface area contributed by atoms with Crippen molar-refractivity contribution >= 4 is 11.7 Å². The molecule has 0 unspecified atom stereocenters. The van der Waals surface area contributed by atoms with Crippen LogP contribution >= 0.6 is 0 Å². The maximum Gasteiger partial charge on any atom is 0.329 e. The van der Waals surface area contributed by atoms with Gasteiger partial charge in [-0.25, -0.2) is 4.79 Å². The van der Waals surface area contributed by atoms with E-state index in [1.54, 1.807) is 0 Å². The van der Waals surface area contributed by atoms with Crippen molar-refractivity contribution in [3.05, 3.63) is 71.8 Å². The molecule has 0 aliphatic rings. The molecule has 0 aromatic heterocycles. The first-order valence-electron chi connectivity index (χ1n) is 7.80. The van der Waals surface area contributed by atoms with Crippen LogP contribution < -0.4 is 0 Å². The molecule has 0 saturated heterocycles. The normalized spacial score (nSPS) is 10.3. The number of aliphatic imine (C=N–C) groups is 1. The molecule has 5 nitrogen and oxygen atoms in total. The van der Waals surface area contributed by atoms with E-state index in [2.05, 4.69) is 4.99 Å². The third-order valence-electron chi connectivity index (χ3n) is 3.20. The molecule has 2 aromatic rings. The molecular weight excluding hydrogens is 306 g/mol. The largest absolute Gasteiger partial charge is 0.480 e. The van der Waals surface area contributed by atoms with Crippen LogP contribution in [0.15, 0.2) is 65.7 Å². The second kappa shape index (κ2) is 10.3. The Morgan fingerprint density at radius 3 is 1.92 bits per heavy atom. The fraction of sp³-hybridized carbons (Fsp3) is 0.263. The number of aliphatic carboxylic acids is 1. The molecular formula is C19H21NO4. The predicted octanol–water partition coefficient (Wildman–Crippen LogP) is 2.64. The molecule has 5 heteroatoms. The van der Waals surface area contributed by atoms with Gasteiger partial charge in [0.05, 0.1) is 32.1 Å². The molecule has 1 N–H and O–H groups in total. The lowest BCUT2D eigenvalue weighted by Crippen LogP contribution is -2.13. The highest BCUT2D eigenvalue weighted by Gasteiger charge is 2.05. The van der Waals surface area contributed by atoms with Gasteiger partial charge in [0.15, 0.2) is 0 Å². The number of nitrogens with zero attached hydrogens (tertiary/aromatic N) is 1. The van der Waals surface area contributed by atoms with E-state index >= 15 is 0 Å². The van der Waals surface area contributed by atoms with Crippen molar-refractivity contribution < 1.29 is 19.4 Å². The average Bonchev–Trinajstić information content (AvgIpc) is 2.62. The Bertz CT molecular complexity index is 599. The first-order valence-corrected chi connectivity index (χ1v) is 7.80. The van der Waals surface area contributed by atoms with Crippen molar-refractivity contribution in [1.29, 1.82) is 0 Å². The third-order valence-corrected chi connectivity index (χ3v) is 3.20. The number of hydrogen-bond donors (Lipinski definition) is 1.